The predicted octanol–water partition coefficient (Wildman–Crippen LogP) is 4.08. The van der Waals surface area contributed by atoms with Crippen LogP contribution >= 0.6 is 0 Å². The third kappa shape index (κ3) is 13.7. The van der Waals surface area contributed by atoms with Crippen LogP contribution in [0.5, 0.6) is 0 Å². The Morgan fingerprint density at radius 3 is 2.06 bits per heavy atom. The monoisotopic (exact) mass is 472 g/mol. The molecule has 0 aliphatic carbocycles. The molecular weight excluding hydrogens is 436 g/mol. The summed E-state index contributed by atoms with van der Waals surface area (Å²) in [5.74, 6) is 5.25. The van der Waals surface area contributed by atoms with Gasteiger partial charge in [-0.05, 0) is 57.0 Å². The summed E-state index contributed by atoms with van der Waals surface area (Å²) in [5, 5.41) is 10.3. The Morgan fingerprint density at radius 2 is 1.68 bits per heavy atom. The van der Waals surface area contributed by atoms with E-state index < -0.39 is 17.7 Å². The number of benzene rings is 1. The Labute approximate surface area is 202 Å². The first-order chi connectivity index (χ1) is 16.2. The van der Waals surface area contributed by atoms with Crippen molar-refractivity contribution in [3.63, 3.8) is 0 Å². The molecule has 1 unspecified atom stereocenters. The van der Waals surface area contributed by atoms with Gasteiger partial charge in [-0.15, -0.1) is 0 Å². The molecule has 1 heterocycles. The van der Waals surface area contributed by atoms with Crippen LogP contribution in [0.15, 0.2) is 47.4 Å². The molecule has 2 amide bonds. The average molecular weight is 473 g/mol. The van der Waals surface area contributed by atoms with Crippen LogP contribution in [0.3, 0.4) is 0 Å². The molecule has 0 fully saturated rings. The Hall–Kier alpha value is -3.67. The number of furan rings is 1. The fourth-order valence-electron chi connectivity index (χ4n) is 1.88. The quantitative estimate of drug-likeness (QED) is 0.198. The summed E-state index contributed by atoms with van der Waals surface area (Å²) < 4.78 is 9.91. The van der Waals surface area contributed by atoms with Crippen molar-refractivity contribution in [2.45, 2.75) is 34.6 Å². The van der Waals surface area contributed by atoms with Gasteiger partial charge in [0.2, 0.25) is 5.91 Å². The molecule has 0 spiro atoms. The van der Waals surface area contributed by atoms with Crippen molar-refractivity contribution in [2.24, 2.45) is 5.92 Å². The van der Waals surface area contributed by atoms with Gasteiger partial charge in [0, 0.05) is 31.9 Å². The lowest BCUT2D eigenvalue weighted by Gasteiger charge is -2.05. The van der Waals surface area contributed by atoms with Crippen LogP contribution in [0.1, 0.15) is 62.1 Å². The number of methoxy groups -OCH3 is 1. The van der Waals surface area contributed by atoms with Crippen LogP contribution in [0, 0.1) is 17.8 Å². The predicted molar refractivity (Wildman–Crippen MR) is 133 cm³/mol. The molecule has 0 radical (unpaired) electrons. The lowest BCUT2D eigenvalue weighted by Crippen LogP contribution is -2.36. The number of hydrogen-bond acceptors (Lipinski definition) is 6. The van der Waals surface area contributed by atoms with Crippen LogP contribution in [0.25, 0.3) is 6.08 Å². The lowest BCUT2D eigenvalue weighted by molar-refractivity contribution is -0.139. The zero-order chi connectivity index (χ0) is 26.5. The van der Waals surface area contributed by atoms with E-state index in [0.717, 1.165) is 12.2 Å². The third-order valence-corrected chi connectivity index (χ3v) is 3.88. The number of hydrogen-bond donors (Lipinski definition) is 3. The lowest BCUT2D eigenvalue weighted by atomic mass is 10.1. The molecule has 0 aliphatic heterocycles. The molecule has 0 bridgehead atoms. The number of amides is 2. The van der Waals surface area contributed by atoms with Crippen LogP contribution in [0.2, 0.25) is 0 Å². The number of carbonyl (C=O) groups excluding carboxylic acids is 3. The van der Waals surface area contributed by atoms with E-state index in [2.05, 4.69) is 28.5 Å². The van der Waals surface area contributed by atoms with Crippen molar-refractivity contribution in [1.82, 2.24) is 10.8 Å². The molecule has 8 heteroatoms. The van der Waals surface area contributed by atoms with Crippen molar-refractivity contribution >= 4 is 23.7 Å². The van der Waals surface area contributed by atoms with Crippen LogP contribution in [0.4, 0.5) is 0 Å². The van der Waals surface area contributed by atoms with E-state index in [4.69, 9.17) is 9.62 Å². The van der Waals surface area contributed by atoms with Crippen LogP contribution in [-0.2, 0) is 14.3 Å². The first-order valence-corrected chi connectivity index (χ1v) is 10.7. The normalized spacial score (nSPS) is 9.53. The van der Waals surface area contributed by atoms with E-state index in [-0.39, 0.29) is 5.78 Å². The van der Waals surface area contributed by atoms with E-state index in [1.54, 1.807) is 38.3 Å². The number of nitrogens with one attached hydrogen (secondary N) is 2. The molecule has 0 saturated carbocycles. The molecule has 186 valence electrons. The number of rotatable bonds is 5. The molecule has 0 aliphatic rings. The Kier molecular flexibility index (Phi) is 19.1. The highest BCUT2D eigenvalue weighted by atomic mass is 16.5. The highest BCUT2D eigenvalue weighted by Gasteiger charge is 2.18. The maximum atomic E-state index is 11.1. The highest BCUT2D eigenvalue weighted by Crippen LogP contribution is 2.08. The molecule has 3 N–H and O–H groups in total. The smallest absolute Gasteiger partial charge is 0.255 e. The van der Waals surface area contributed by atoms with Gasteiger partial charge in [-0.1, -0.05) is 38.5 Å². The molecule has 1 aromatic carbocycles. The van der Waals surface area contributed by atoms with Gasteiger partial charge < -0.3 is 14.5 Å². The third-order valence-electron chi connectivity index (χ3n) is 3.88. The summed E-state index contributed by atoms with van der Waals surface area (Å²) in [5.41, 5.74) is 2.91. The topological polar surface area (TPSA) is 118 Å². The second-order valence-corrected chi connectivity index (χ2v) is 6.18. The molecule has 8 nitrogen and oxygen atoms in total. The van der Waals surface area contributed by atoms with Crippen molar-refractivity contribution in [3.8, 4) is 11.8 Å². The molecule has 2 aromatic rings. The zero-order valence-electron chi connectivity index (χ0n) is 21.0. The summed E-state index contributed by atoms with van der Waals surface area (Å²) in [6.45, 7) is 13.3. The Balaban J connectivity index is 0. The fourth-order valence-corrected chi connectivity index (χ4v) is 1.88. The average Bonchev–Trinajstić information content (AvgIpc) is 3.36. The first-order valence-electron chi connectivity index (χ1n) is 10.7. The summed E-state index contributed by atoms with van der Waals surface area (Å²) in [7, 11) is 3.10. The van der Waals surface area contributed by atoms with E-state index in [1.807, 2.05) is 39.0 Å². The number of ketones is 1. The molecule has 2 rings (SSSR count). The number of hydroxylamine groups is 1. The van der Waals surface area contributed by atoms with Gasteiger partial charge in [0.05, 0.1) is 0 Å². The van der Waals surface area contributed by atoms with Crippen LogP contribution in [-0.4, -0.2) is 43.6 Å². The van der Waals surface area contributed by atoms with E-state index in [1.165, 1.54) is 19.5 Å². The standard InChI is InChI=1S/C16H12O2.C5H10N2O3.C3H8O.C2H6/c1-3-15-10-11-16(18-15)9-6-13-4-7-14(8-5-13)12(2)17;1-3(4(8)6-2)5(9)7-10;1-3-4-2;1-2/h3-5,7-8,10-11H,1H2,2H3;3,10H,1-2H3,(H,6,8)(H,7,9);3H2,1-2H3;1-2H3. The van der Waals surface area contributed by atoms with Crippen LogP contribution < -0.4 is 10.8 Å². The maximum absolute atomic E-state index is 11.1. The summed E-state index contributed by atoms with van der Waals surface area (Å²) in [4.78, 5) is 32.2. The number of ether oxygens (including phenoxy) is 1. The maximum Gasteiger partial charge on any atom is 0.255 e. The molecule has 1 aromatic heterocycles. The molecule has 0 saturated heterocycles. The largest absolute Gasteiger partial charge is 0.448 e. The SMILES string of the molecule is C=Cc1ccc(C#Cc2ccc(C(C)=O)cc2)o1.CC.CCOC.CNC(=O)C(C)C(=O)NO. The minimum atomic E-state index is -0.852. The molecule has 34 heavy (non-hydrogen) atoms. The fraction of sp³-hybridized carbons (Fsp3) is 0.346. The van der Waals surface area contributed by atoms with Gasteiger partial charge in [0.1, 0.15) is 11.7 Å². The Morgan fingerprint density at radius 1 is 1.12 bits per heavy atom. The molecule has 1 atom stereocenters. The van der Waals surface area contributed by atoms with Crippen molar-refractivity contribution in [2.75, 3.05) is 20.8 Å². The summed E-state index contributed by atoms with van der Waals surface area (Å²) >= 11 is 0. The minimum absolute atomic E-state index is 0.0520. The van der Waals surface area contributed by atoms with Crippen molar-refractivity contribution in [1.29, 1.82) is 0 Å². The van der Waals surface area contributed by atoms with Gasteiger partial charge >= 0.3 is 0 Å². The minimum Gasteiger partial charge on any atom is -0.448 e. The highest BCUT2D eigenvalue weighted by molar-refractivity contribution is 5.99. The van der Waals surface area contributed by atoms with Gasteiger partial charge in [-0.25, -0.2) is 5.48 Å². The second-order valence-electron chi connectivity index (χ2n) is 6.18. The van der Waals surface area contributed by atoms with Gasteiger partial charge in [0.15, 0.2) is 11.5 Å². The molecular formula is C26H36N2O6. The Bertz CT molecular complexity index is 918. The number of Topliss-reactive ketones (excluding diaryl/α,β-unsaturated/α-hetero) is 1. The summed E-state index contributed by atoms with van der Waals surface area (Å²) in [6.07, 6.45) is 1.63. The van der Waals surface area contributed by atoms with Crippen molar-refractivity contribution < 1.29 is 28.7 Å². The van der Waals surface area contributed by atoms with Gasteiger partial charge in [-0.3, -0.25) is 19.6 Å². The summed E-state index contributed by atoms with van der Waals surface area (Å²) in [6, 6.07) is 10.8. The number of carbonyl (C=O) groups is 3. The van der Waals surface area contributed by atoms with E-state index >= 15 is 0 Å². The van der Waals surface area contributed by atoms with E-state index in [9.17, 15) is 14.4 Å². The van der Waals surface area contributed by atoms with Crippen molar-refractivity contribution in [3.05, 3.63) is 65.6 Å². The second kappa shape index (κ2) is 20.0. The first kappa shape index (κ1) is 32.5. The van der Waals surface area contributed by atoms with Gasteiger partial charge in [0.25, 0.3) is 5.91 Å². The zero-order valence-corrected chi connectivity index (χ0v) is 21.0. The van der Waals surface area contributed by atoms with E-state index in [0.29, 0.717) is 17.1 Å². The van der Waals surface area contributed by atoms with Gasteiger partial charge in [-0.2, -0.15) is 0 Å².